The number of nitro benzene ring substituents is 1. The van der Waals surface area contributed by atoms with E-state index >= 15 is 0 Å². The first kappa shape index (κ1) is 11.9. The van der Waals surface area contributed by atoms with Crippen LogP contribution in [0.5, 0.6) is 0 Å². The molecular formula is C13H18N2O2. The molecule has 2 rings (SSSR count). The highest BCUT2D eigenvalue weighted by Gasteiger charge is 2.42. The fourth-order valence-electron chi connectivity index (χ4n) is 1.96. The standard InChI is InChI=1S/C13H18N2O2/c1-9-4-5-12(15(16)17)11(8-9)14-10(2)13(3)6-7-13/h4-5,8,10,14H,6-7H2,1-3H3. The molecule has 1 aromatic carbocycles. The molecule has 4 nitrogen and oxygen atoms in total. The monoisotopic (exact) mass is 234 g/mol. The van der Waals surface area contributed by atoms with Gasteiger partial charge in [-0.1, -0.05) is 13.0 Å². The number of anilines is 1. The van der Waals surface area contributed by atoms with Crippen LogP contribution in [0.3, 0.4) is 0 Å². The van der Waals surface area contributed by atoms with Gasteiger partial charge in [0.25, 0.3) is 5.69 Å². The minimum absolute atomic E-state index is 0.159. The van der Waals surface area contributed by atoms with Crippen molar-refractivity contribution in [1.82, 2.24) is 0 Å². The molecule has 0 saturated heterocycles. The molecule has 4 heteroatoms. The molecule has 0 radical (unpaired) electrons. The van der Waals surface area contributed by atoms with E-state index in [4.69, 9.17) is 0 Å². The average Bonchev–Trinajstić information content (AvgIpc) is 2.97. The van der Waals surface area contributed by atoms with E-state index in [-0.39, 0.29) is 16.7 Å². The molecule has 1 aromatic rings. The van der Waals surface area contributed by atoms with E-state index in [1.54, 1.807) is 12.1 Å². The lowest BCUT2D eigenvalue weighted by Crippen LogP contribution is -2.25. The third kappa shape index (κ3) is 2.40. The summed E-state index contributed by atoms with van der Waals surface area (Å²) in [5.74, 6) is 0. The molecule has 1 N–H and O–H groups in total. The van der Waals surface area contributed by atoms with Gasteiger partial charge in [0.05, 0.1) is 4.92 Å². The Labute approximate surface area is 101 Å². The highest BCUT2D eigenvalue weighted by molar-refractivity contribution is 5.63. The summed E-state index contributed by atoms with van der Waals surface area (Å²) in [7, 11) is 0. The van der Waals surface area contributed by atoms with Gasteiger partial charge < -0.3 is 5.32 Å². The molecule has 0 heterocycles. The zero-order valence-electron chi connectivity index (χ0n) is 10.5. The summed E-state index contributed by atoms with van der Waals surface area (Å²) in [5, 5.41) is 14.2. The van der Waals surface area contributed by atoms with Crippen LogP contribution in [0, 0.1) is 22.5 Å². The number of rotatable bonds is 4. The van der Waals surface area contributed by atoms with E-state index in [0.29, 0.717) is 11.1 Å². The van der Waals surface area contributed by atoms with Crippen molar-refractivity contribution in [2.45, 2.75) is 39.7 Å². The fraction of sp³-hybridized carbons (Fsp3) is 0.538. The maximum Gasteiger partial charge on any atom is 0.292 e. The predicted octanol–water partition coefficient (Wildman–Crippen LogP) is 3.50. The minimum atomic E-state index is -0.330. The summed E-state index contributed by atoms with van der Waals surface area (Å²) in [6.07, 6.45) is 2.39. The SMILES string of the molecule is Cc1ccc([N+](=O)[O-])c(NC(C)C2(C)CC2)c1. The Kier molecular flexibility index (Phi) is 2.81. The van der Waals surface area contributed by atoms with Crippen molar-refractivity contribution in [1.29, 1.82) is 0 Å². The van der Waals surface area contributed by atoms with Crippen LogP contribution in [0.4, 0.5) is 11.4 Å². The summed E-state index contributed by atoms with van der Waals surface area (Å²) in [6.45, 7) is 6.25. The second kappa shape index (κ2) is 4.02. The molecule has 0 bridgehead atoms. The van der Waals surface area contributed by atoms with Crippen LogP contribution in [0.15, 0.2) is 18.2 Å². The van der Waals surface area contributed by atoms with E-state index in [1.807, 2.05) is 13.0 Å². The van der Waals surface area contributed by atoms with E-state index in [0.717, 1.165) is 5.56 Å². The highest BCUT2D eigenvalue weighted by Crippen LogP contribution is 2.49. The molecule has 17 heavy (non-hydrogen) atoms. The maximum atomic E-state index is 10.9. The maximum absolute atomic E-state index is 10.9. The molecule has 1 saturated carbocycles. The van der Waals surface area contributed by atoms with Gasteiger partial charge in [-0.25, -0.2) is 0 Å². The Morgan fingerprint density at radius 1 is 1.47 bits per heavy atom. The molecular weight excluding hydrogens is 216 g/mol. The Morgan fingerprint density at radius 2 is 2.12 bits per heavy atom. The van der Waals surface area contributed by atoms with Crippen molar-refractivity contribution < 1.29 is 4.92 Å². The average molecular weight is 234 g/mol. The molecule has 1 fully saturated rings. The minimum Gasteiger partial charge on any atom is -0.376 e. The van der Waals surface area contributed by atoms with Crippen LogP contribution in [-0.2, 0) is 0 Å². The van der Waals surface area contributed by atoms with Crippen molar-refractivity contribution in [2.75, 3.05) is 5.32 Å². The first-order chi connectivity index (χ1) is 7.92. The van der Waals surface area contributed by atoms with Crippen LogP contribution in [0.25, 0.3) is 0 Å². The van der Waals surface area contributed by atoms with Gasteiger partial charge in [-0.3, -0.25) is 10.1 Å². The van der Waals surface area contributed by atoms with Gasteiger partial charge in [0.1, 0.15) is 5.69 Å². The molecule has 1 aliphatic rings. The topological polar surface area (TPSA) is 55.2 Å². The van der Waals surface area contributed by atoms with Crippen molar-refractivity contribution in [2.24, 2.45) is 5.41 Å². The third-order valence-corrected chi connectivity index (χ3v) is 3.80. The fourth-order valence-corrected chi connectivity index (χ4v) is 1.96. The number of nitro groups is 1. The van der Waals surface area contributed by atoms with E-state index < -0.39 is 0 Å². The zero-order chi connectivity index (χ0) is 12.6. The van der Waals surface area contributed by atoms with Crippen molar-refractivity contribution in [3.63, 3.8) is 0 Å². The largest absolute Gasteiger partial charge is 0.376 e. The summed E-state index contributed by atoms with van der Waals surface area (Å²) in [4.78, 5) is 10.6. The van der Waals surface area contributed by atoms with Crippen LogP contribution < -0.4 is 5.32 Å². The Balaban J connectivity index is 2.24. The number of nitrogens with one attached hydrogen (secondary N) is 1. The van der Waals surface area contributed by atoms with Gasteiger partial charge in [0.15, 0.2) is 0 Å². The van der Waals surface area contributed by atoms with Crippen LogP contribution >= 0.6 is 0 Å². The predicted molar refractivity (Wildman–Crippen MR) is 68.3 cm³/mol. The normalized spacial score (nSPS) is 18.5. The molecule has 1 aliphatic carbocycles. The lowest BCUT2D eigenvalue weighted by molar-refractivity contribution is -0.384. The van der Waals surface area contributed by atoms with Gasteiger partial charge in [0.2, 0.25) is 0 Å². The first-order valence-corrected chi connectivity index (χ1v) is 5.94. The zero-order valence-corrected chi connectivity index (χ0v) is 10.5. The molecule has 0 aliphatic heterocycles. The number of aryl methyl sites for hydroxylation is 1. The van der Waals surface area contributed by atoms with E-state index in [1.165, 1.54) is 12.8 Å². The Morgan fingerprint density at radius 3 is 2.65 bits per heavy atom. The lowest BCUT2D eigenvalue weighted by atomic mass is 10.0. The second-order valence-electron chi connectivity index (χ2n) is 5.30. The number of benzene rings is 1. The van der Waals surface area contributed by atoms with Crippen molar-refractivity contribution in [3.05, 3.63) is 33.9 Å². The van der Waals surface area contributed by atoms with Crippen molar-refractivity contribution >= 4 is 11.4 Å². The van der Waals surface area contributed by atoms with E-state index in [9.17, 15) is 10.1 Å². The summed E-state index contributed by atoms with van der Waals surface area (Å²) >= 11 is 0. The molecule has 0 spiro atoms. The smallest absolute Gasteiger partial charge is 0.292 e. The van der Waals surface area contributed by atoms with Gasteiger partial charge in [0, 0.05) is 12.1 Å². The summed E-state index contributed by atoms with van der Waals surface area (Å²) in [5.41, 5.74) is 2.13. The first-order valence-electron chi connectivity index (χ1n) is 5.94. The van der Waals surface area contributed by atoms with Gasteiger partial charge >= 0.3 is 0 Å². The number of hydrogen-bond acceptors (Lipinski definition) is 3. The number of hydrogen-bond donors (Lipinski definition) is 1. The highest BCUT2D eigenvalue weighted by atomic mass is 16.6. The Hall–Kier alpha value is -1.58. The van der Waals surface area contributed by atoms with Crippen LogP contribution in [0.1, 0.15) is 32.3 Å². The molecule has 1 atom stereocenters. The van der Waals surface area contributed by atoms with Crippen LogP contribution in [-0.4, -0.2) is 11.0 Å². The van der Waals surface area contributed by atoms with E-state index in [2.05, 4.69) is 19.2 Å². The van der Waals surface area contributed by atoms with Gasteiger partial charge in [-0.05, 0) is 43.7 Å². The Bertz CT molecular complexity index is 453. The quantitative estimate of drug-likeness (QED) is 0.640. The van der Waals surface area contributed by atoms with Crippen LogP contribution in [0.2, 0.25) is 0 Å². The summed E-state index contributed by atoms with van der Waals surface area (Å²) in [6, 6.07) is 5.45. The molecule has 1 unspecified atom stereocenters. The molecule has 92 valence electrons. The second-order valence-corrected chi connectivity index (χ2v) is 5.30. The molecule has 0 aromatic heterocycles. The van der Waals surface area contributed by atoms with Gasteiger partial charge in [-0.2, -0.15) is 0 Å². The summed E-state index contributed by atoms with van der Waals surface area (Å²) < 4.78 is 0. The third-order valence-electron chi connectivity index (χ3n) is 3.80. The van der Waals surface area contributed by atoms with Crippen molar-refractivity contribution in [3.8, 4) is 0 Å². The van der Waals surface area contributed by atoms with Gasteiger partial charge in [-0.15, -0.1) is 0 Å². The lowest BCUT2D eigenvalue weighted by Gasteiger charge is -2.21. The number of nitrogens with zero attached hydrogens (tertiary/aromatic N) is 1. The molecule has 0 amide bonds.